The SMILES string of the molecule is CCOC(=O)C1C(C)=NC2=C(C(=O)CC(C)(C)C2)[C@H]1c1cc(OC)c(OC)cc1Br. The number of rotatable bonds is 5. The predicted molar refractivity (Wildman–Crippen MR) is 118 cm³/mol. The first kappa shape index (κ1) is 22.5. The molecule has 2 atom stereocenters. The fourth-order valence-corrected chi connectivity index (χ4v) is 5.00. The molecule has 0 aromatic heterocycles. The Morgan fingerprint density at radius 1 is 1.20 bits per heavy atom. The van der Waals surface area contributed by atoms with E-state index in [0.29, 0.717) is 35.6 Å². The average molecular weight is 478 g/mol. The molecule has 0 fully saturated rings. The highest BCUT2D eigenvalue weighted by Gasteiger charge is 2.46. The second-order valence-corrected chi connectivity index (χ2v) is 9.34. The lowest BCUT2D eigenvalue weighted by molar-refractivity contribution is -0.146. The molecule has 1 aliphatic carbocycles. The first-order valence-electron chi connectivity index (χ1n) is 10.0. The van der Waals surface area contributed by atoms with Crippen molar-refractivity contribution in [2.24, 2.45) is 16.3 Å². The average Bonchev–Trinajstić information content (AvgIpc) is 2.65. The molecule has 1 aliphatic heterocycles. The van der Waals surface area contributed by atoms with Gasteiger partial charge < -0.3 is 14.2 Å². The van der Waals surface area contributed by atoms with E-state index in [1.54, 1.807) is 27.2 Å². The number of benzene rings is 1. The van der Waals surface area contributed by atoms with E-state index in [4.69, 9.17) is 19.2 Å². The molecule has 7 heteroatoms. The number of aliphatic imine (C=N–C) groups is 1. The van der Waals surface area contributed by atoms with E-state index in [2.05, 4.69) is 29.8 Å². The zero-order valence-electron chi connectivity index (χ0n) is 18.3. The number of hydrogen-bond donors (Lipinski definition) is 0. The zero-order chi connectivity index (χ0) is 22.2. The van der Waals surface area contributed by atoms with Gasteiger partial charge in [-0.25, -0.2) is 0 Å². The number of allylic oxidation sites excluding steroid dienone is 2. The van der Waals surface area contributed by atoms with Crippen LogP contribution in [0.3, 0.4) is 0 Å². The van der Waals surface area contributed by atoms with Crippen LogP contribution < -0.4 is 9.47 Å². The van der Waals surface area contributed by atoms with Crippen LogP contribution in [-0.2, 0) is 14.3 Å². The van der Waals surface area contributed by atoms with Crippen molar-refractivity contribution >= 4 is 33.4 Å². The number of halogens is 1. The Labute approximate surface area is 185 Å². The van der Waals surface area contributed by atoms with Crippen LogP contribution in [-0.4, -0.2) is 38.3 Å². The Morgan fingerprint density at radius 2 is 1.83 bits per heavy atom. The molecule has 1 aromatic rings. The Balaban J connectivity index is 2.25. The van der Waals surface area contributed by atoms with Crippen molar-refractivity contribution in [1.82, 2.24) is 0 Å². The third kappa shape index (κ3) is 4.04. The summed E-state index contributed by atoms with van der Waals surface area (Å²) >= 11 is 3.62. The van der Waals surface area contributed by atoms with Gasteiger partial charge in [0.15, 0.2) is 17.3 Å². The highest BCUT2D eigenvalue weighted by molar-refractivity contribution is 9.10. The van der Waals surface area contributed by atoms with Crippen molar-refractivity contribution in [2.45, 2.75) is 46.5 Å². The van der Waals surface area contributed by atoms with Gasteiger partial charge in [-0.2, -0.15) is 0 Å². The molecule has 6 nitrogen and oxygen atoms in total. The molecule has 0 N–H and O–H groups in total. The Morgan fingerprint density at radius 3 is 2.43 bits per heavy atom. The summed E-state index contributed by atoms with van der Waals surface area (Å²) in [7, 11) is 3.13. The molecule has 1 heterocycles. The molecule has 0 saturated carbocycles. The Hall–Kier alpha value is -2.15. The first-order valence-corrected chi connectivity index (χ1v) is 10.8. The number of methoxy groups -OCH3 is 2. The zero-order valence-corrected chi connectivity index (χ0v) is 19.9. The smallest absolute Gasteiger partial charge is 0.315 e. The van der Waals surface area contributed by atoms with Crippen molar-refractivity contribution in [2.75, 3.05) is 20.8 Å². The number of esters is 1. The topological polar surface area (TPSA) is 74.2 Å². The summed E-state index contributed by atoms with van der Waals surface area (Å²) in [6.45, 7) is 8.00. The molecule has 2 aliphatic rings. The van der Waals surface area contributed by atoms with Crippen molar-refractivity contribution in [3.05, 3.63) is 33.4 Å². The Bertz CT molecular complexity index is 947. The van der Waals surface area contributed by atoms with Gasteiger partial charge in [-0.3, -0.25) is 14.6 Å². The van der Waals surface area contributed by atoms with Crippen LogP contribution in [0.15, 0.2) is 32.9 Å². The minimum atomic E-state index is -0.678. The van der Waals surface area contributed by atoms with Gasteiger partial charge in [0.25, 0.3) is 0 Å². The Kier molecular flexibility index (Phi) is 6.41. The highest BCUT2D eigenvalue weighted by Crippen LogP contribution is 2.50. The van der Waals surface area contributed by atoms with Crippen molar-refractivity contribution < 1.29 is 23.8 Å². The fourth-order valence-electron chi connectivity index (χ4n) is 4.43. The molecule has 0 radical (unpaired) electrons. The largest absolute Gasteiger partial charge is 0.493 e. The maximum absolute atomic E-state index is 13.3. The summed E-state index contributed by atoms with van der Waals surface area (Å²) in [5, 5.41) is 0. The van der Waals surface area contributed by atoms with Gasteiger partial charge in [0.05, 0.1) is 20.8 Å². The van der Waals surface area contributed by atoms with Gasteiger partial charge in [-0.15, -0.1) is 0 Å². The summed E-state index contributed by atoms with van der Waals surface area (Å²) in [4.78, 5) is 31.0. The quantitative estimate of drug-likeness (QED) is 0.566. The monoisotopic (exact) mass is 477 g/mol. The summed E-state index contributed by atoms with van der Waals surface area (Å²) in [5.74, 6) is -0.442. The molecule has 1 aromatic carbocycles. The van der Waals surface area contributed by atoms with Gasteiger partial charge in [-0.1, -0.05) is 29.8 Å². The van der Waals surface area contributed by atoms with E-state index in [1.165, 1.54) is 0 Å². The van der Waals surface area contributed by atoms with Gasteiger partial charge in [-0.05, 0) is 43.4 Å². The van der Waals surface area contributed by atoms with Gasteiger partial charge in [0, 0.05) is 33.8 Å². The number of nitrogens with zero attached hydrogens (tertiary/aromatic N) is 1. The minimum Gasteiger partial charge on any atom is -0.493 e. The van der Waals surface area contributed by atoms with E-state index in [1.807, 2.05) is 13.0 Å². The summed E-state index contributed by atoms with van der Waals surface area (Å²) < 4.78 is 17.0. The lowest BCUT2D eigenvalue weighted by Gasteiger charge is -2.39. The van der Waals surface area contributed by atoms with Gasteiger partial charge in [0.2, 0.25) is 0 Å². The second-order valence-electron chi connectivity index (χ2n) is 8.49. The maximum atomic E-state index is 13.3. The minimum absolute atomic E-state index is 0.0264. The molecule has 0 bridgehead atoms. The number of ketones is 1. The molecule has 1 unspecified atom stereocenters. The number of carbonyl (C=O) groups excluding carboxylic acids is 2. The normalized spacial score (nSPS) is 22.9. The molecular formula is C23H28BrNO5. The van der Waals surface area contributed by atoms with Crippen LogP contribution in [0, 0.1) is 11.3 Å². The second kappa shape index (κ2) is 8.53. The molecule has 3 rings (SSSR count). The van der Waals surface area contributed by atoms with Crippen molar-refractivity contribution in [1.29, 1.82) is 0 Å². The number of hydrogen-bond acceptors (Lipinski definition) is 6. The third-order valence-corrected chi connectivity index (χ3v) is 6.37. The van der Waals surface area contributed by atoms with Crippen LogP contribution in [0.4, 0.5) is 0 Å². The van der Waals surface area contributed by atoms with Crippen LogP contribution >= 0.6 is 15.9 Å². The molecular weight excluding hydrogens is 450 g/mol. The molecule has 0 spiro atoms. The predicted octanol–water partition coefficient (Wildman–Crippen LogP) is 4.85. The van der Waals surface area contributed by atoms with Crippen LogP contribution in [0.25, 0.3) is 0 Å². The number of Topliss-reactive ketones (excluding diaryl/α,β-unsaturated/α-hetero) is 1. The van der Waals surface area contributed by atoms with E-state index >= 15 is 0 Å². The summed E-state index contributed by atoms with van der Waals surface area (Å²) in [5.41, 5.74) is 2.63. The fraction of sp³-hybridized carbons (Fsp3) is 0.522. The van der Waals surface area contributed by atoms with E-state index < -0.39 is 11.8 Å². The highest BCUT2D eigenvalue weighted by atomic mass is 79.9. The van der Waals surface area contributed by atoms with Crippen LogP contribution in [0.5, 0.6) is 11.5 Å². The summed E-state index contributed by atoms with van der Waals surface area (Å²) in [6.07, 6.45) is 1.10. The van der Waals surface area contributed by atoms with E-state index in [0.717, 1.165) is 15.7 Å². The van der Waals surface area contributed by atoms with E-state index in [9.17, 15) is 9.59 Å². The van der Waals surface area contributed by atoms with Crippen molar-refractivity contribution in [3.63, 3.8) is 0 Å². The van der Waals surface area contributed by atoms with Crippen LogP contribution in [0.2, 0.25) is 0 Å². The van der Waals surface area contributed by atoms with Gasteiger partial charge in [0.1, 0.15) is 5.92 Å². The van der Waals surface area contributed by atoms with Gasteiger partial charge >= 0.3 is 5.97 Å². The number of ether oxygens (including phenoxy) is 3. The lowest BCUT2D eigenvalue weighted by Crippen LogP contribution is -2.39. The third-order valence-electron chi connectivity index (χ3n) is 5.68. The summed E-state index contributed by atoms with van der Waals surface area (Å²) in [6, 6.07) is 3.63. The lowest BCUT2D eigenvalue weighted by atomic mass is 9.67. The molecule has 0 saturated heterocycles. The van der Waals surface area contributed by atoms with Crippen molar-refractivity contribution in [3.8, 4) is 11.5 Å². The molecule has 0 amide bonds. The standard InChI is InChI=1S/C23H28BrNO5/c1-7-30-22(27)19-12(2)25-15-10-23(3,4)11-16(26)21(15)20(19)13-8-17(28-5)18(29-6)9-14(13)24/h8-9,19-20H,7,10-11H2,1-6H3/t19?,20-/m0/s1. The molecule has 30 heavy (non-hydrogen) atoms. The number of carbonyl (C=O) groups is 2. The first-order chi connectivity index (χ1) is 14.1. The van der Waals surface area contributed by atoms with E-state index in [-0.39, 0.29) is 23.8 Å². The van der Waals surface area contributed by atoms with Crippen LogP contribution in [0.1, 0.15) is 52.0 Å². The molecule has 162 valence electrons. The maximum Gasteiger partial charge on any atom is 0.315 e.